The van der Waals surface area contributed by atoms with Crippen LogP contribution >= 0.6 is 22.2 Å². The lowest BCUT2D eigenvalue weighted by atomic mass is 10.5. The van der Waals surface area contributed by atoms with Gasteiger partial charge in [0.05, 0.1) is 14.4 Å². The zero-order valence-corrected chi connectivity index (χ0v) is 14.2. The maximum atomic E-state index is 6.18. The van der Waals surface area contributed by atoms with Gasteiger partial charge in [0.1, 0.15) is 0 Å². The number of hydrogen-bond acceptors (Lipinski definition) is 1. The minimum Gasteiger partial charge on any atom is -0.416 e. The Bertz CT molecular complexity index is 154. The lowest BCUT2D eigenvalue weighted by molar-refractivity contribution is 0.222. The van der Waals surface area contributed by atoms with Crippen LogP contribution in [0.1, 0.15) is 13.3 Å². The Morgan fingerprint density at radius 1 is 1.38 bits per heavy atom. The van der Waals surface area contributed by atoms with Crippen molar-refractivity contribution in [3.8, 4) is 0 Å². The van der Waals surface area contributed by atoms with Gasteiger partial charge in [-0.25, -0.2) is 0 Å². The molecule has 0 aliphatic heterocycles. The summed E-state index contributed by atoms with van der Waals surface area (Å²) in [7, 11) is -3.50. The Kier molecular flexibility index (Phi) is 5.81. The zero-order chi connectivity index (χ0) is 10.7. The van der Waals surface area contributed by atoms with Crippen LogP contribution in [0.25, 0.3) is 0 Å². The molecular formula is C7H20Cl2OSi3. The summed E-state index contributed by atoms with van der Waals surface area (Å²) in [5, 5.41) is 0. The summed E-state index contributed by atoms with van der Waals surface area (Å²) in [5.74, 6) is 0. The van der Waals surface area contributed by atoms with E-state index in [2.05, 4.69) is 33.1 Å². The Balaban J connectivity index is 4.58. The van der Waals surface area contributed by atoms with Gasteiger partial charge in [0.25, 0.3) is 7.42 Å². The molecule has 6 heteroatoms. The molecule has 80 valence electrons. The summed E-state index contributed by atoms with van der Waals surface area (Å²) in [4.78, 5) is -0.0619. The Hall–Kier alpha value is 1.19. The second-order valence-corrected chi connectivity index (χ2v) is 16.4. The van der Waals surface area contributed by atoms with E-state index in [0.717, 1.165) is 6.42 Å². The highest BCUT2D eigenvalue weighted by Crippen LogP contribution is 2.27. The molecule has 13 heavy (non-hydrogen) atoms. The fourth-order valence-electron chi connectivity index (χ4n) is 1.36. The van der Waals surface area contributed by atoms with Gasteiger partial charge < -0.3 is 4.43 Å². The maximum Gasteiger partial charge on any atom is 0.262 e. The van der Waals surface area contributed by atoms with E-state index in [-0.39, 0.29) is 14.4 Å². The van der Waals surface area contributed by atoms with Crippen molar-refractivity contribution in [3.63, 3.8) is 0 Å². The van der Waals surface area contributed by atoms with Gasteiger partial charge in [0, 0.05) is 0 Å². The highest BCUT2D eigenvalue weighted by atomic mass is 35.7. The summed E-state index contributed by atoms with van der Waals surface area (Å²) < 4.78 is 6.18. The molecule has 0 amide bonds. The first-order valence-corrected chi connectivity index (χ1v) is 14.4. The van der Waals surface area contributed by atoms with Crippen LogP contribution in [0, 0.1) is 0 Å². The first-order chi connectivity index (χ1) is 5.77. The SMILES string of the molecule is CCC(O[Si](C)(C)C)([SiH2]C)[SiH](Cl)Cl. The van der Waals surface area contributed by atoms with Gasteiger partial charge in [-0.15, -0.1) is 22.2 Å². The van der Waals surface area contributed by atoms with Crippen LogP contribution in [0.5, 0.6) is 0 Å². The molecule has 1 nitrogen and oxygen atoms in total. The fraction of sp³-hybridized carbons (Fsp3) is 1.00. The van der Waals surface area contributed by atoms with Crippen LogP contribution in [0.3, 0.4) is 0 Å². The van der Waals surface area contributed by atoms with E-state index in [1.54, 1.807) is 0 Å². The molecule has 0 saturated heterocycles. The van der Waals surface area contributed by atoms with E-state index < -0.39 is 15.7 Å². The van der Waals surface area contributed by atoms with Gasteiger partial charge in [0.2, 0.25) is 0 Å². The quantitative estimate of drug-likeness (QED) is 0.553. The zero-order valence-electron chi connectivity index (χ0n) is 9.16. The van der Waals surface area contributed by atoms with Crippen molar-refractivity contribution in [2.24, 2.45) is 0 Å². The third-order valence-corrected chi connectivity index (χ3v) is 13.2. The highest BCUT2D eigenvalue weighted by Gasteiger charge is 2.39. The molecule has 0 aromatic heterocycles. The fourth-order valence-corrected chi connectivity index (χ4v) is 12.6. The molecular weight excluding hydrogens is 255 g/mol. The van der Waals surface area contributed by atoms with Crippen molar-refractivity contribution in [2.45, 2.75) is 44.4 Å². The van der Waals surface area contributed by atoms with E-state index in [4.69, 9.17) is 26.6 Å². The van der Waals surface area contributed by atoms with Crippen LogP contribution < -0.4 is 0 Å². The van der Waals surface area contributed by atoms with Crippen molar-refractivity contribution < 1.29 is 4.43 Å². The number of rotatable bonds is 5. The van der Waals surface area contributed by atoms with Gasteiger partial charge in [-0.3, -0.25) is 0 Å². The third-order valence-electron chi connectivity index (χ3n) is 2.10. The van der Waals surface area contributed by atoms with Crippen molar-refractivity contribution in [3.05, 3.63) is 0 Å². The molecule has 0 N–H and O–H groups in total. The van der Waals surface area contributed by atoms with Crippen molar-refractivity contribution in [2.75, 3.05) is 0 Å². The minimum atomic E-state index is -1.70. The lowest BCUT2D eigenvalue weighted by Gasteiger charge is -2.38. The average molecular weight is 275 g/mol. The number of hydrogen-bond donors (Lipinski definition) is 0. The summed E-state index contributed by atoms with van der Waals surface area (Å²) in [6.07, 6.45) is 0.990. The smallest absolute Gasteiger partial charge is 0.262 e. The highest BCUT2D eigenvalue weighted by molar-refractivity contribution is 7.37. The van der Waals surface area contributed by atoms with Crippen LogP contribution in [0.4, 0.5) is 0 Å². The van der Waals surface area contributed by atoms with Crippen molar-refractivity contribution in [1.82, 2.24) is 0 Å². The molecule has 0 aromatic carbocycles. The molecule has 0 fully saturated rings. The standard InChI is InChI=1S/C7H20Cl2OSi3/c1-6-7(11-2,12(8)9)10-13(3,4)5/h12H,6,11H2,1-5H3. The predicted molar refractivity (Wildman–Crippen MR) is 70.7 cm³/mol. The molecule has 0 aromatic rings. The molecule has 1 unspecified atom stereocenters. The average Bonchev–Trinajstić information content (AvgIpc) is 1.98. The summed E-state index contributed by atoms with van der Waals surface area (Å²) in [6.45, 7) is 11.0. The molecule has 0 aliphatic rings. The Labute approximate surface area is 96.1 Å². The second-order valence-electron chi connectivity index (χ2n) is 4.29. The van der Waals surface area contributed by atoms with E-state index in [1.165, 1.54) is 0 Å². The van der Waals surface area contributed by atoms with Crippen LogP contribution in [-0.4, -0.2) is 30.1 Å². The Morgan fingerprint density at radius 3 is 1.92 bits per heavy atom. The second kappa shape index (κ2) is 5.32. The van der Waals surface area contributed by atoms with Crippen LogP contribution in [0.2, 0.25) is 26.2 Å². The minimum absolute atomic E-state index is 0.0619. The molecule has 0 spiro atoms. The molecule has 0 bridgehead atoms. The number of halogens is 2. The largest absolute Gasteiger partial charge is 0.416 e. The molecule has 0 radical (unpaired) electrons. The van der Waals surface area contributed by atoms with Gasteiger partial charge in [-0.1, -0.05) is 13.5 Å². The summed E-state index contributed by atoms with van der Waals surface area (Å²) in [5.41, 5.74) is 0. The lowest BCUT2D eigenvalue weighted by Crippen LogP contribution is -2.52. The van der Waals surface area contributed by atoms with Gasteiger partial charge >= 0.3 is 0 Å². The van der Waals surface area contributed by atoms with Crippen LogP contribution in [0.15, 0.2) is 0 Å². The first kappa shape index (κ1) is 14.2. The molecule has 1 atom stereocenters. The van der Waals surface area contributed by atoms with Crippen molar-refractivity contribution in [1.29, 1.82) is 0 Å². The summed E-state index contributed by atoms with van der Waals surface area (Å²) in [6, 6.07) is 0. The van der Waals surface area contributed by atoms with E-state index in [1.807, 2.05) is 0 Å². The third kappa shape index (κ3) is 4.49. The van der Waals surface area contributed by atoms with Gasteiger partial charge in [-0.05, 0) is 26.1 Å². The van der Waals surface area contributed by atoms with Crippen LogP contribution in [-0.2, 0) is 4.43 Å². The Morgan fingerprint density at radius 2 is 1.85 bits per heavy atom. The summed E-state index contributed by atoms with van der Waals surface area (Å²) >= 11 is 12.3. The van der Waals surface area contributed by atoms with E-state index in [0.29, 0.717) is 0 Å². The molecule has 0 rings (SSSR count). The molecule has 0 saturated carbocycles. The van der Waals surface area contributed by atoms with Gasteiger partial charge in [-0.2, -0.15) is 0 Å². The first-order valence-electron chi connectivity index (χ1n) is 4.75. The molecule has 0 heterocycles. The molecule has 0 aliphatic carbocycles. The van der Waals surface area contributed by atoms with Gasteiger partial charge in [0.15, 0.2) is 8.32 Å². The van der Waals surface area contributed by atoms with Crippen molar-refractivity contribution >= 4 is 47.4 Å². The van der Waals surface area contributed by atoms with E-state index in [9.17, 15) is 0 Å². The topological polar surface area (TPSA) is 9.23 Å². The normalized spacial score (nSPS) is 18.5. The monoisotopic (exact) mass is 274 g/mol. The maximum absolute atomic E-state index is 6.18. The predicted octanol–water partition coefficient (Wildman–Crippen LogP) is 2.40. The van der Waals surface area contributed by atoms with E-state index >= 15 is 0 Å².